The fraction of sp³-hybridized carbons (Fsp3) is 0. The van der Waals surface area contributed by atoms with Crippen molar-refractivity contribution in [2.45, 2.75) is 0 Å². The lowest BCUT2D eigenvalue weighted by atomic mass is 10.1. The number of aromatic nitrogens is 1. The number of hydrogen-bond acceptors (Lipinski definition) is 3. The van der Waals surface area contributed by atoms with Gasteiger partial charge in [0.1, 0.15) is 0 Å². The van der Waals surface area contributed by atoms with Crippen LogP contribution in [0, 0.1) is 0 Å². The summed E-state index contributed by atoms with van der Waals surface area (Å²) in [5, 5.41) is 0.573. The van der Waals surface area contributed by atoms with E-state index in [9.17, 15) is 9.59 Å². The number of H-pyrrole nitrogens is 1. The van der Waals surface area contributed by atoms with Crippen LogP contribution < -0.4 is 5.56 Å². The third-order valence-corrected chi connectivity index (χ3v) is 3.88. The molecule has 0 spiro atoms. The first kappa shape index (κ1) is 10.9. The number of benzene rings is 1. The lowest BCUT2D eigenvalue weighted by Crippen LogP contribution is -2.03. The van der Waals surface area contributed by atoms with Gasteiger partial charge < -0.3 is 4.98 Å². The summed E-state index contributed by atoms with van der Waals surface area (Å²) in [6, 6.07) is 11.4. The molecule has 0 amide bonds. The van der Waals surface area contributed by atoms with E-state index in [0.29, 0.717) is 10.3 Å². The molecule has 0 atom stereocenters. The first-order valence-electron chi connectivity index (χ1n) is 5.45. The van der Waals surface area contributed by atoms with Crippen LogP contribution in [0.25, 0.3) is 21.2 Å². The average molecular weight is 255 g/mol. The molecule has 1 aromatic carbocycles. The molecule has 2 heterocycles. The van der Waals surface area contributed by atoms with Crippen LogP contribution in [0.3, 0.4) is 0 Å². The predicted octanol–water partition coefficient (Wildman–Crippen LogP) is 3.07. The van der Waals surface area contributed by atoms with E-state index in [1.54, 1.807) is 12.3 Å². The number of hydrogen-bond donors (Lipinski definition) is 1. The molecule has 0 bridgehead atoms. The molecule has 0 fully saturated rings. The van der Waals surface area contributed by atoms with Crippen molar-refractivity contribution in [2.24, 2.45) is 0 Å². The van der Waals surface area contributed by atoms with Gasteiger partial charge in [0, 0.05) is 16.5 Å². The number of pyridine rings is 1. The summed E-state index contributed by atoms with van der Waals surface area (Å²) in [5.74, 6) is 0. The predicted molar refractivity (Wildman–Crippen MR) is 73.3 cm³/mol. The summed E-state index contributed by atoms with van der Waals surface area (Å²) in [6.45, 7) is 0. The Kier molecular flexibility index (Phi) is 2.57. The van der Waals surface area contributed by atoms with Crippen LogP contribution in [-0.4, -0.2) is 11.3 Å². The Morgan fingerprint density at radius 2 is 1.94 bits per heavy atom. The number of thiophene rings is 1. The SMILES string of the molecule is O=Cc1cc2c(=O)[nH]cc(-c3ccccc3)c2s1. The van der Waals surface area contributed by atoms with E-state index < -0.39 is 0 Å². The van der Waals surface area contributed by atoms with Crippen molar-refractivity contribution in [3.05, 3.63) is 57.8 Å². The molecule has 0 unspecified atom stereocenters. The molecular weight excluding hydrogens is 246 g/mol. The first-order valence-corrected chi connectivity index (χ1v) is 6.27. The van der Waals surface area contributed by atoms with Crippen LogP contribution in [0.1, 0.15) is 9.67 Å². The van der Waals surface area contributed by atoms with Crippen molar-refractivity contribution < 1.29 is 4.79 Å². The zero-order valence-electron chi connectivity index (χ0n) is 9.34. The van der Waals surface area contributed by atoms with E-state index in [0.717, 1.165) is 22.1 Å². The van der Waals surface area contributed by atoms with Crippen molar-refractivity contribution in [3.63, 3.8) is 0 Å². The topological polar surface area (TPSA) is 49.9 Å². The molecule has 4 heteroatoms. The lowest BCUT2D eigenvalue weighted by Gasteiger charge is -2.02. The number of aldehydes is 1. The Hall–Kier alpha value is -2.20. The van der Waals surface area contributed by atoms with E-state index in [-0.39, 0.29) is 5.56 Å². The number of carbonyl (C=O) groups is 1. The van der Waals surface area contributed by atoms with Gasteiger partial charge in [-0.1, -0.05) is 30.3 Å². The molecule has 2 aromatic heterocycles. The highest BCUT2D eigenvalue weighted by Gasteiger charge is 2.10. The van der Waals surface area contributed by atoms with Gasteiger partial charge in [0.15, 0.2) is 6.29 Å². The number of rotatable bonds is 2. The zero-order valence-corrected chi connectivity index (χ0v) is 10.2. The normalized spacial score (nSPS) is 10.7. The Bertz CT molecular complexity index is 771. The molecule has 0 saturated heterocycles. The Morgan fingerprint density at radius 1 is 1.17 bits per heavy atom. The summed E-state index contributed by atoms with van der Waals surface area (Å²) in [6.07, 6.45) is 2.48. The van der Waals surface area contributed by atoms with Crippen LogP contribution in [0.5, 0.6) is 0 Å². The minimum Gasteiger partial charge on any atom is -0.328 e. The summed E-state index contributed by atoms with van der Waals surface area (Å²) >= 11 is 1.34. The third kappa shape index (κ3) is 1.67. The molecule has 1 N–H and O–H groups in total. The maximum atomic E-state index is 11.7. The van der Waals surface area contributed by atoms with Gasteiger partial charge in [-0.2, -0.15) is 0 Å². The molecule has 3 aromatic rings. The van der Waals surface area contributed by atoms with Crippen molar-refractivity contribution in [1.82, 2.24) is 4.98 Å². The number of nitrogens with one attached hydrogen (secondary N) is 1. The number of fused-ring (bicyclic) bond motifs is 1. The van der Waals surface area contributed by atoms with Crippen LogP contribution >= 0.6 is 11.3 Å². The highest BCUT2D eigenvalue weighted by Crippen LogP contribution is 2.31. The molecule has 0 saturated carbocycles. The first-order chi connectivity index (χ1) is 8.79. The van der Waals surface area contributed by atoms with Crippen molar-refractivity contribution in [1.29, 1.82) is 0 Å². The molecule has 88 valence electrons. The minimum atomic E-state index is -0.158. The van der Waals surface area contributed by atoms with Crippen molar-refractivity contribution in [2.75, 3.05) is 0 Å². The van der Waals surface area contributed by atoms with Gasteiger partial charge in [0.25, 0.3) is 5.56 Å². The number of carbonyl (C=O) groups excluding carboxylic acids is 1. The van der Waals surface area contributed by atoms with Crippen molar-refractivity contribution in [3.8, 4) is 11.1 Å². The second-order valence-corrected chi connectivity index (χ2v) is 4.99. The quantitative estimate of drug-likeness (QED) is 0.715. The van der Waals surface area contributed by atoms with Gasteiger partial charge in [0.05, 0.1) is 10.3 Å². The van der Waals surface area contributed by atoms with Gasteiger partial charge in [-0.15, -0.1) is 11.3 Å². The van der Waals surface area contributed by atoms with Gasteiger partial charge in [-0.05, 0) is 11.6 Å². The van der Waals surface area contributed by atoms with Crippen LogP contribution in [-0.2, 0) is 0 Å². The smallest absolute Gasteiger partial charge is 0.256 e. The maximum absolute atomic E-state index is 11.7. The second-order valence-electron chi connectivity index (χ2n) is 3.91. The summed E-state index contributed by atoms with van der Waals surface area (Å²) in [4.78, 5) is 25.8. The molecule has 18 heavy (non-hydrogen) atoms. The molecule has 3 nitrogen and oxygen atoms in total. The second kappa shape index (κ2) is 4.23. The molecule has 0 radical (unpaired) electrons. The highest BCUT2D eigenvalue weighted by molar-refractivity contribution is 7.21. The summed E-state index contributed by atoms with van der Waals surface area (Å²) in [7, 11) is 0. The average Bonchev–Trinajstić information content (AvgIpc) is 2.85. The van der Waals surface area contributed by atoms with Crippen LogP contribution in [0.2, 0.25) is 0 Å². The van der Waals surface area contributed by atoms with Crippen LogP contribution in [0.4, 0.5) is 0 Å². The highest BCUT2D eigenvalue weighted by atomic mass is 32.1. The third-order valence-electron chi connectivity index (χ3n) is 2.79. The van der Waals surface area contributed by atoms with Gasteiger partial charge >= 0.3 is 0 Å². The van der Waals surface area contributed by atoms with E-state index >= 15 is 0 Å². The Balaban J connectivity index is 2.37. The fourth-order valence-electron chi connectivity index (χ4n) is 1.95. The van der Waals surface area contributed by atoms with E-state index in [4.69, 9.17) is 0 Å². The van der Waals surface area contributed by atoms with Gasteiger partial charge in [0.2, 0.25) is 0 Å². The standard InChI is InChI=1S/C14H9NO2S/c16-8-10-6-11-13(18-10)12(7-15-14(11)17)9-4-2-1-3-5-9/h1-8H,(H,15,17). The molecule has 3 rings (SSSR count). The molecule has 0 aliphatic heterocycles. The van der Waals surface area contributed by atoms with Crippen molar-refractivity contribution >= 4 is 27.7 Å². The molecule has 0 aliphatic carbocycles. The monoisotopic (exact) mass is 255 g/mol. The van der Waals surface area contributed by atoms with Gasteiger partial charge in [-0.25, -0.2) is 0 Å². The van der Waals surface area contributed by atoms with E-state index in [2.05, 4.69) is 4.98 Å². The Labute approximate surface area is 107 Å². The fourth-order valence-corrected chi connectivity index (χ4v) is 2.96. The summed E-state index contributed by atoms with van der Waals surface area (Å²) < 4.78 is 0.854. The van der Waals surface area contributed by atoms with Crippen LogP contribution in [0.15, 0.2) is 47.4 Å². The molecule has 0 aliphatic rings. The van der Waals surface area contributed by atoms with Gasteiger partial charge in [-0.3, -0.25) is 9.59 Å². The molecular formula is C14H9NO2S. The Morgan fingerprint density at radius 3 is 2.67 bits per heavy atom. The summed E-state index contributed by atoms with van der Waals surface area (Å²) in [5.41, 5.74) is 1.82. The zero-order chi connectivity index (χ0) is 12.5. The number of aromatic amines is 1. The largest absolute Gasteiger partial charge is 0.328 e. The minimum absolute atomic E-state index is 0.158. The maximum Gasteiger partial charge on any atom is 0.256 e. The lowest BCUT2D eigenvalue weighted by molar-refractivity contribution is 0.112. The van der Waals surface area contributed by atoms with E-state index in [1.165, 1.54) is 11.3 Å². The van der Waals surface area contributed by atoms with E-state index in [1.807, 2.05) is 30.3 Å².